The zero-order chi connectivity index (χ0) is 13.8. The summed E-state index contributed by atoms with van der Waals surface area (Å²) in [5, 5.41) is 3.63. The summed E-state index contributed by atoms with van der Waals surface area (Å²) in [5.74, 6) is 1.73. The molecule has 2 heterocycles. The Kier molecular flexibility index (Phi) is 4.31. The second kappa shape index (κ2) is 6.35. The first kappa shape index (κ1) is 13.6. The molecule has 2 aliphatic heterocycles. The summed E-state index contributed by atoms with van der Waals surface area (Å²) in [5.41, 5.74) is 1.14. The third-order valence-corrected chi connectivity index (χ3v) is 4.04. The molecular formula is C16H24N2O2. The van der Waals surface area contributed by atoms with Gasteiger partial charge in [-0.25, -0.2) is 0 Å². The van der Waals surface area contributed by atoms with Crippen molar-refractivity contribution < 1.29 is 9.47 Å². The van der Waals surface area contributed by atoms with Crippen molar-refractivity contribution in [2.24, 2.45) is 0 Å². The predicted molar refractivity (Wildman–Crippen MR) is 80.8 cm³/mol. The molecule has 1 aromatic carbocycles. The third kappa shape index (κ3) is 3.18. The topological polar surface area (TPSA) is 33.7 Å². The minimum absolute atomic E-state index is 0.575. The minimum Gasteiger partial charge on any atom is -0.486 e. The lowest BCUT2D eigenvalue weighted by molar-refractivity contribution is 0.171. The second-order valence-electron chi connectivity index (χ2n) is 5.62. The number of ether oxygens (including phenoxy) is 2. The van der Waals surface area contributed by atoms with E-state index in [9.17, 15) is 0 Å². The fourth-order valence-electron chi connectivity index (χ4n) is 2.99. The number of hydrogen-bond acceptors (Lipinski definition) is 4. The summed E-state index contributed by atoms with van der Waals surface area (Å²) < 4.78 is 11.2. The molecule has 0 aromatic heterocycles. The second-order valence-corrected chi connectivity index (χ2v) is 5.62. The Morgan fingerprint density at radius 2 is 1.90 bits per heavy atom. The number of nitrogens with zero attached hydrogens (tertiary/aromatic N) is 1. The summed E-state index contributed by atoms with van der Waals surface area (Å²) in [6.07, 6.45) is 3.68. The van der Waals surface area contributed by atoms with Crippen molar-refractivity contribution in [3.05, 3.63) is 18.2 Å². The van der Waals surface area contributed by atoms with Crippen LogP contribution in [0, 0.1) is 0 Å². The van der Waals surface area contributed by atoms with E-state index in [1.165, 1.54) is 38.9 Å². The molecule has 0 bridgehead atoms. The number of nitrogens with one attached hydrogen (secondary N) is 1. The Balaban J connectivity index is 1.56. The molecule has 1 fully saturated rings. The average Bonchev–Trinajstić information content (AvgIpc) is 2.49. The van der Waals surface area contributed by atoms with Crippen LogP contribution in [-0.2, 0) is 0 Å². The van der Waals surface area contributed by atoms with Gasteiger partial charge in [0.1, 0.15) is 13.2 Å². The lowest BCUT2D eigenvalue weighted by Crippen LogP contribution is -2.39. The van der Waals surface area contributed by atoms with Crippen LogP contribution < -0.4 is 14.8 Å². The van der Waals surface area contributed by atoms with Gasteiger partial charge in [0.25, 0.3) is 0 Å². The SMILES string of the molecule is CCCN1CCC(Nc2ccc3c(c2)OCCO3)CC1. The number of likely N-dealkylation sites (tertiary alicyclic amines) is 1. The number of hydrogen-bond donors (Lipinski definition) is 1. The largest absolute Gasteiger partial charge is 0.486 e. The van der Waals surface area contributed by atoms with Crippen molar-refractivity contribution in [1.29, 1.82) is 0 Å². The van der Waals surface area contributed by atoms with Crippen LogP contribution >= 0.6 is 0 Å². The van der Waals surface area contributed by atoms with Gasteiger partial charge in [0.05, 0.1) is 0 Å². The van der Waals surface area contributed by atoms with Gasteiger partial charge in [-0.3, -0.25) is 0 Å². The number of fused-ring (bicyclic) bond motifs is 1. The van der Waals surface area contributed by atoms with Gasteiger partial charge in [0.15, 0.2) is 11.5 Å². The predicted octanol–water partition coefficient (Wildman–Crippen LogP) is 2.74. The number of piperidine rings is 1. The van der Waals surface area contributed by atoms with E-state index in [-0.39, 0.29) is 0 Å². The molecule has 3 rings (SSSR count). The van der Waals surface area contributed by atoms with E-state index in [1.807, 2.05) is 6.07 Å². The molecule has 0 unspecified atom stereocenters. The number of rotatable bonds is 4. The van der Waals surface area contributed by atoms with Crippen LogP contribution in [0.15, 0.2) is 18.2 Å². The summed E-state index contributed by atoms with van der Waals surface area (Å²) in [6.45, 7) is 7.18. The van der Waals surface area contributed by atoms with Gasteiger partial charge in [-0.15, -0.1) is 0 Å². The maximum Gasteiger partial charge on any atom is 0.163 e. The first-order valence-electron chi connectivity index (χ1n) is 7.73. The Morgan fingerprint density at radius 3 is 2.65 bits per heavy atom. The highest BCUT2D eigenvalue weighted by atomic mass is 16.6. The van der Waals surface area contributed by atoms with Crippen LogP contribution in [0.5, 0.6) is 11.5 Å². The lowest BCUT2D eigenvalue weighted by Gasteiger charge is -2.32. The smallest absolute Gasteiger partial charge is 0.163 e. The Bertz CT molecular complexity index is 442. The first-order valence-corrected chi connectivity index (χ1v) is 7.73. The third-order valence-electron chi connectivity index (χ3n) is 4.04. The molecule has 0 spiro atoms. The van der Waals surface area contributed by atoms with Gasteiger partial charge >= 0.3 is 0 Å². The minimum atomic E-state index is 0.575. The maximum atomic E-state index is 5.63. The summed E-state index contributed by atoms with van der Waals surface area (Å²) in [7, 11) is 0. The quantitative estimate of drug-likeness (QED) is 0.917. The highest BCUT2D eigenvalue weighted by molar-refractivity contribution is 5.55. The summed E-state index contributed by atoms with van der Waals surface area (Å²) >= 11 is 0. The molecule has 0 radical (unpaired) electrons. The molecule has 1 N–H and O–H groups in total. The highest BCUT2D eigenvalue weighted by Gasteiger charge is 2.19. The van der Waals surface area contributed by atoms with Crippen LogP contribution in [0.25, 0.3) is 0 Å². The van der Waals surface area contributed by atoms with Crippen molar-refractivity contribution in [1.82, 2.24) is 4.90 Å². The van der Waals surface area contributed by atoms with Gasteiger partial charge in [-0.1, -0.05) is 6.92 Å². The summed E-state index contributed by atoms with van der Waals surface area (Å²) in [4.78, 5) is 2.56. The van der Waals surface area contributed by atoms with Gasteiger partial charge in [-0.2, -0.15) is 0 Å². The maximum absolute atomic E-state index is 5.63. The van der Waals surface area contributed by atoms with E-state index in [1.54, 1.807) is 0 Å². The molecule has 4 heteroatoms. The summed E-state index contributed by atoms with van der Waals surface area (Å²) in [6, 6.07) is 6.73. The molecule has 110 valence electrons. The molecule has 0 amide bonds. The molecule has 20 heavy (non-hydrogen) atoms. The van der Waals surface area contributed by atoms with E-state index < -0.39 is 0 Å². The fraction of sp³-hybridized carbons (Fsp3) is 0.625. The van der Waals surface area contributed by atoms with Crippen molar-refractivity contribution in [3.8, 4) is 11.5 Å². The molecule has 1 aromatic rings. The average molecular weight is 276 g/mol. The van der Waals surface area contributed by atoms with Gasteiger partial charge in [-0.05, 0) is 37.9 Å². The number of benzene rings is 1. The molecular weight excluding hydrogens is 252 g/mol. The fourth-order valence-corrected chi connectivity index (χ4v) is 2.99. The Labute approximate surface area is 121 Å². The normalized spacial score (nSPS) is 19.9. The molecule has 0 atom stereocenters. The monoisotopic (exact) mass is 276 g/mol. The van der Waals surface area contributed by atoms with Gasteiger partial charge < -0.3 is 19.7 Å². The van der Waals surface area contributed by atoms with E-state index in [0.717, 1.165) is 17.2 Å². The molecule has 0 saturated carbocycles. The Hall–Kier alpha value is -1.42. The van der Waals surface area contributed by atoms with Gasteiger partial charge in [0.2, 0.25) is 0 Å². The Morgan fingerprint density at radius 1 is 1.15 bits per heavy atom. The first-order chi connectivity index (χ1) is 9.85. The van der Waals surface area contributed by atoms with Crippen molar-refractivity contribution in [3.63, 3.8) is 0 Å². The van der Waals surface area contributed by atoms with Crippen molar-refractivity contribution >= 4 is 5.69 Å². The van der Waals surface area contributed by atoms with E-state index in [4.69, 9.17) is 9.47 Å². The zero-order valence-electron chi connectivity index (χ0n) is 12.2. The van der Waals surface area contributed by atoms with E-state index in [2.05, 4.69) is 29.3 Å². The van der Waals surface area contributed by atoms with Crippen LogP contribution in [0.1, 0.15) is 26.2 Å². The molecule has 1 saturated heterocycles. The standard InChI is InChI=1S/C16H24N2O2/c1-2-7-18-8-5-13(6-9-18)17-14-3-4-15-16(12-14)20-11-10-19-15/h3-4,12-13,17H,2,5-11H2,1H3. The van der Waals surface area contributed by atoms with Crippen molar-refractivity contribution in [2.75, 3.05) is 38.2 Å². The number of anilines is 1. The van der Waals surface area contributed by atoms with Crippen LogP contribution in [0.3, 0.4) is 0 Å². The van der Waals surface area contributed by atoms with E-state index in [0.29, 0.717) is 19.3 Å². The lowest BCUT2D eigenvalue weighted by atomic mass is 10.0. The van der Waals surface area contributed by atoms with E-state index >= 15 is 0 Å². The molecule has 0 aliphatic carbocycles. The van der Waals surface area contributed by atoms with Crippen LogP contribution in [-0.4, -0.2) is 43.8 Å². The highest BCUT2D eigenvalue weighted by Crippen LogP contribution is 2.33. The van der Waals surface area contributed by atoms with Gasteiger partial charge in [0, 0.05) is 30.9 Å². The molecule has 4 nitrogen and oxygen atoms in total. The van der Waals surface area contributed by atoms with Crippen LogP contribution in [0.4, 0.5) is 5.69 Å². The van der Waals surface area contributed by atoms with Crippen molar-refractivity contribution in [2.45, 2.75) is 32.2 Å². The zero-order valence-corrected chi connectivity index (χ0v) is 12.2. The van der Waals surface area contributed by atoms with Crippen LogP contribution in [0.2, 0.25) is 0 Å². The molecule has 2 aliphatic rings.